The van der Waals surface area contributed by atoms with E-state index in [2.05, 4.69) is 4.74 Å². The zero-order chi connectivity index (χ0) is 14.9. The van der Waals surface area contributed by atoms with Crippen LogP contribution in [0.3, 0.4) is 0 Å². The Balaban J connectivity index is 2.27. The van der Waals surface area contributed by atoms with Gasteiger partial charge < -0.3 is 9.30 Å². The molecule has 0 spiro atoms. The molecular formula is C13H14N2O4S. The van der Waals surface area contributed by atoms with E-state index in [-0.39, 0.29) is 0 Å². The molecule has 106 valence electrons. The molecule has 1 aromatic heterocycles. The molecule has 0 radical (unpaired) electrons. The minimum Gasteiger partial charge on any atom is -0.467 e. The van der Waals surface area contributed by atoms with Gasteiger partial charge in [0.05, 0.1) is 12.0 Å². The van der Waals surface area contributed by atoms with Crippen LogP contribution in [0.4, 0.5) is 4.79 Å². The first kappa shape index (κ1) is 14.4. The van der Waals surface area contributed by atoms with Crippen LogP contribution in [0, 0.1) is 0 Å². The Morgan fingerprint density at radius 3 is 2.70 bits per heavy atom. The fraction of sp³-hybridized carbons (Fsp3) is 0.308. The minimum absolute atomic E-state index is 0.299. The van der Waals surface area contributed by atoms with E-state index < -0.39 is 23.2 Å². The van der Waals surface area contributed by atoms with E-state index in [4.69, 9.17) is 0 Å². The number of rotatable bonds is 3. The van der Waals surface area contributed by atoms with Crippen molar-refractivity contribution in [2.45, 2.75) is 13.0 Å². The number of hydrogen-bond acceptors (Lipinski definition) is 5. The normalized spacial score (nSPS) is 18.8. The zero-order valence-corrected chi connectivity index (χ0v) is 12.1. The van der Waals surface area contributed by atoms with Gasteiger partial charge in [-0.25, -0.2) is 4.79 Å². The molecule has 0 aliphatic carbocycles. The third kappa shape index (κ3) is 2.49. The van der Waals surface area contributed by atoms with Crippen LogP contribution in [0.25, 0.3) is 6.08 Å². The van der Waals surface area contributed by atoms with Gasteiger partial charge in [-0.2, -0.15) is 0 Å². The summed E-state index contributed by atoms with van der Waals surface area (Å²) in [6, 6.07) is 2.75. The van der Waals surface area contributed by atoms with Crippen LogP contribution in [0.15, 0.2) is 23.2 Å². The summed E-state index contributed by atoms with van der Waals surface area (Å²) in [6.07, 6.45) is 3.47. The van der Waals surface area contributed by atoms with E-state index >= 15 is 0 Å². The number of esters is 1. The Bertz CT molecular complexity index is 605. The number of carbonyl (C=O) groups is 3. The standard InChI is InChI=1S/C13H14N2O4S/c1-8(12(17)19-3)15-11(16)10(20-13(15)18)7-9-5-4-6-14(9)2/h4-8H,1-3H3/b10-7+/t8-/m1/s1. The molecule has 1 atom stereocenters. The highest BCUT2D eigenvalue weighted by molar-refractivity contribution is 8.18. The van der Waals surface area contributed by atoms with Gasteiger partial charge in [-0.15, -0.1) is 0 Å². The number of hydrogen-bond donors (Lipinski definition) is 0. The van der Waals surface area contributed by atoms with Gasteiger partial charge in [0.2, 0.25) is 0 Å². The SMILES string of the molecule is COC(=O)[C@@H](C)N1C(=O)S/C(=C/c2cccn2C)C1=O. The van der Waals surface area contributed by atoms with Crippen molar-refractivity contribution in [1.29, 1.82) is 0 Å². The van der Waals surface area contributed by atoms with E-state index in [1.54, 1.807) is 6.08 Å². The Hall–Kier alpha value is -2.02. The largest absolute Gasteiger partial charge is 0.467 e. The first-order valence-corrected chi connectivity index (χ1v) is 6.73. The highest BCUT2D eigenvalue weighted by Gasteiger charge is 2.41. The highest BCUT2D eigenvalue weighted by atomic mass is 32.2. The lowest BCUT2D eigenvalue weighted by atomic mass is 10.2. The summed E-state index contributed by atoms with van der Waals surface area (Å²) in [6.45, 7) is 1.47. The maximum absolute atomic E-state index is 12.2. The van der Waals surface area contributed by atoms with Crippen molar-refractivity contribution in [3.05, 3.63) is 28.9 Å². The molecule has 2 rings (SSSR count). The van der Waals surface area contributed by atoms with E-state index in [1.807, 2.05) is 29.9 Å². The first-order valence-electron chi connectivity index (χ1n) is 5.92. The van der Waals surface area contributed by atoms with E-state index in [0.29, 0.717) is 4.91 Å². The van der Waals surface area contributed by atoms with Gasteiger partial charge in [0.1, 0.15) is 6.04 Å². The van der Waals surface area contributed by atoms with Crippen molar-refractivity contribution in [3.8, 4) is 0 Å². The summed E-state index contributed by atoms with van der Waals surface area (Å²) in [7, 11) is 3.06. The first-order chi connectivity index (χ1) is 9.45. The second kappa shape index (κ2) is 5.54. The molecule has 7 heteroatoms. The summed E-state index contributed by atoms with van der Waals surface area (Å²) in [5.74, 6) is -1.09. The molecule has 2 heterocycles. The van der Waals surface area contributed by atoms with Gasteiger partial charge in [-0.05, 0) is 36.9 Å². The highest BCUT2D eigenvalue weighted by Crippen LogP contribution is 2.33. The number of nitrogens with zero attached hydrogens (tertiary/aromatic N) is 2. The molecule has 1 aromatic rings. The lowest BCUT2D eigenvalue weighted by Gasteiger charge is -2.18. The van der Waals surface area contributed by atoms with Crippen molar-refractivity contribution < 1.29 is 19.1 Å². The molecule has 0 unspecified atom stereocenters. The second-order valence-corrected chi connectivity index (χ2v) is 5.29. The van der Waals surface area contributed by atoms with Crippen LogP contribution in [0.5, 0.6) is 0 Å². The van der Waals surface area contributed by atoms with Crippen molar-refractivity contribution in [3.63, 3.8) is 0 Å². The van der Waals surface area contributed by atoms with Gasteiger partial charge in [-0.1, -0.05) is 0 Å². The number of methoxy groups -OCH3 is 1. The monoisotopic (exact) mass is 294 g/mol. The number of aryl methyl sites for hydroxylation is 1. The second-order valence-electron chi connectivity index (χ2n) is 4.29. The zero-order valence-electron chi connectivity index (χ0n) is 11.3. The summed E-state index contributed by atoms with van der Waals surface area (Å²) in [5, 5.41) is -0.464. The summed E-state index contributed by atoms with van der Waals surface area (Å²) in [5.41, 5.74) is 0.807. The van der Waals surface area contributed by atoms with E-state index in [0.717, 1.165) is 22.4 Å². The third-order valence-electron chi connectivity index (χ3n) is 3.02. The van der Waals surface area contributed by atoms with Crippen molar-refractivity contribution in [2.24, 2.45) is 7.05 Å². The maximum Gasteiger partial charge on any atom is 0.328 e. The topological polar surface area (TPSA) is 68.6 Å². The summed E-state index contributed by atoms with van der Waals surface area (Å²) in [4.78, 5) is 36.8. The summed E-state index contributed by atoms with van der Waals surface area (Å²) < 4.78 is 6.39. The van der Waals surface area contributed by atoms with Crippen LogP contribution in [-0.2, 0) is 21.4 Å². The van der Waals surface area contributed by atoms with Crippen LogP contribution in [0.2, 0.25) is 0 Å². The van der Waals surface area contributed by atoms with Crippen molar-refractivity contribution >= 4 is 35.0 Å². The average molecular weight is 294 g/mol. The van der Waals surface area contributed by atoms with Crippen LogP contribution >= 0.6 is 11.8 Å². The Morgan fingerprint density at radius 1 is 1.45 bits per heavy atom. The molecular weight excluding hydrogens is 280 g/mol. The quantitative estimate of drug-likeness (QED) is 0.626. The number of thioether (sulfide) groups is 1. The van der Waals surface area contributed by atoms with Gasteiger partial charge in [0, 0.05) is 18.9 Å². The van der Waals surface area contributed by atoms with Crippen LogP contribution in [-0.4, -0.2) is 39.7 Å². The molecule has 1 saturated heterocycles. The van der Waals surface area contributed by atoms with Gasteiger partial charge in [0.25, 0.3) is 11.1 Å². The fourth-order valence-corrected chi connectivity index (χ4v) is 2.74. The molecule has 1 fully saturated rings. The number of ether oxygens (including phenoxy) is 1. The van der Waals surface area contributed by atoms with Crippen molar-refractivity contribution in [2.75, 3.05) is 7.11 Å². The number of imide groups is 1. The number of carbonyl (C=O) groups excluding carboxylic acids is 3. The lowest BCUT2D eigenvalue weighted by Crippen LogP contribution is -2.42. The predicted octanol–water partition coefficient (Wildman–Crippen LogP) is 1.62. The molecule has 0 aromatic carbocycles. The molecule has 0 N–H and O–H groups in total. The molecule has 0 saturated carbocycles. The fourth-order valence-electron chi connectivity index (χ4n) is 1.85. The van der Waals surface area contributed by atoms with E-state index in [9.17, 15) is 14.4 Å². The molecule has 2 amide bonds. The molecule has 0 bridgehead atoms. The molecule has 1 aliphatic heterocycles. The Morgan fingerprint density at radius 2 is 2.15 bits per heavy atom. The van der Waals surface area contributed by atoms with Gasteiger partial charge >= 0.3 is 5.97 Å². The average Bonchev–Trinajstić information content (AvgIpc) is 2.93. The van der Waals surface area contributed by atoms with Crippen molar-refractivity contribution in [1.82, 2.24) is 9.47 Å². The third-order valence-corrected chi connectivity index (χ3v) is 3.90. The minimum atomic E-state index is -0.924. The smallest absolute Gasteiger partial charge is 0.328 e. The number of aromatic nitrogens is 1. The van der Waals surface area contributed by atoms with Gasteiger partial charge in [-0.3, -0.25) is 14.5 Å². The number of amides is 2. The van der Waals surface area contributed by atoms with Crippen LogP contribution < -0.4 is 0 Å². The van der Waals surface area contributed by atoms with Gasteiger partial charge in [0.15, 0.2) is 0 Å². The summed E-state index contributed by atoms with van der Waals surface area (Å²) >= 11 is 0.822. The lowest BCUT2D eigenvalue weighted by molar-refractivity contribution is -0.148. The maximum atomic E-state index is 12.2. The van der Waals surface area contributed by atoms with E-state index in [1.165, 1.54) is 14.0 Å². The van der Waals surface area contributed by atoms with Crippen LogP contribution in [0.1, 0.15) is 12.6 Å². The molecule has 1 aliphatic rings. The predicted molar refractivity (Wildman–Crippen MR) is 74.7 cm³/mol. The Labute approximate surface area is 120 Å². The Kier molecular flexibility index (Phi) is 3.99. The molecule has 20 heavy (non-hydrogen) atoms. The molecule has 6 nitrogen and oxygen atoms in total.